The second-order valence-corrected chi connectivity index (χ2v) is 5.08. The van der Waals surface area contributed by atoms with Crippen molar-refractivity contribution in [2.75, 3.05) is 11.9 Å². The third kappa shape index (κ3) is 2.67. The summed E-state index contributed by atoms with van der Waals surface area (Å²) in [5.74, 6) is 0.213. The Balaban J connectivity index is 1.70. The van der Waals surface area contributed by atoms with Crippen molar-refractivity contribution in [2.24, 2.45) is 0 Å². The van der Waals surface area contributed by atoms with Gasteiger partial charge in [-0.1, -0.05) is 12.1 Å². The highest BCUT2D eigenvalue weighted by Gasteiger charge is 2.20. The number of fused-ring (bicyclic) bond motifs is 1. The number of benzene rings is 1. The van der Waals surface area contributed by atoms with Crippen molar-refractivity contribution in [3.8, 4) is 0 Å². The third-order valence-corrected chi connectivity index (χ3v) is 3.69. The number of amides is 2. The first-order chi connectivity index (χ1) is 10.1. The van der Waals surface area contributed by atoms with Gasteiger partial charge in [-0.15, -0.1) is 0 Å². The van der Waals surface area contributed by atoms with Gasteiger partial charge < -0.3 is 14.6 Å². The highest BCUT2D eigenvalue weighted by Crippen LogP contribution is 2.27. The first-order valence-corrected chi connectivity index (χ1v) is 6.85. The van der Waals surface area contributed by atoms with E-state index in [1.165, 1.54) is 6.26 Å². The fourth-order valence-electron chi connectivity index (χ4n) is 2.50. The molecule has 5 heteroatoms. The molecule has 3 rings (SSSR count). The second-order valence-electron chi connectivity index (χ2n) is 5.08. The normalized spacial score (nSPS) is 14.0. The van der Waals surface area contributed by atoms with E-state index in [0.717, 1.165) is 23.2 Å². The maximum Gasteiger partial charge on any atom is 0.287 e. The Hall–Kier alpha value is -2.56. The molecule has 1 N–H and O–H groups in total. The van der Waals surface area contributed by atoms with Gasteiger partial charge >= 0.3 is 0 Å². The fraction of sp³-hybridized carbons (Fsp3) is 0.250. The number of carbonyl (C=O) groups excluding carboxylic acids is 2. The van der Waals surface area contributed by atoms with Gasteiger partial charge in [-0.2, -0.15) is 0 Å². The Morgan fingerprint density at radius 2 is 2.19 bits per heavy atom. The highest BCUT2D eigenvalue weighted by atomic mass is 16.3. The van der Waals surface area contributed by atoms with Crippen LogP contribution in [0.1, 0.15) is 28.1 Å². The first-order valence-electron chi connectivity index (χ1n) is 6.85. The van der Waals surface area contributed by atoms with Crippen LogP contribution < -0.4 is 10.2 Å². The van der Waals surface area contributed by atoms with Crippen molar-refractivity contribution >= 4 is 17.5 Å². The fourth-order valence-corrected chi connectivity index (χ4v) is 2.50. The number of nitrogens with one attached hydrogen (secondary N) is 1. The zero-order valence-corrected chi connectivity index (χ0v) is 11.8. The lowest BCUT2D eigenvalue weighted by molar-refractivity contribution is -0.118. The Morgan fingerprint density at radius 3 is 2.95 bits per heavy atom. The number of rotatable bonds is 3. The molecule has 0 spiro atoms. The van der Waals surface area contributed by atoms with Crippen LogP contribution in [0.3, 0.4) is 0 Å². The summed E-state index contributed by atoms with van der Waals surface area (Å²) >= 11 is 0. The molecule has 0 aliphatic carbocycles. The van der Waals surface area contributed by atoms with Crippen molar-refractivity contribution in [1.82, 2.24) is 5.32 Å². The third-order valence-electron chi connectivity index (χ3n) is 3.69. The lowest BCUT2D eigenvalue weighted by Crippen LogP contribution is -2.31. The molecule has 0 atom stereocenters. The first kappa shape index (κ1) is 13.4. The summed E-state index contributed by atoms with van der Waals surface area (Å²) in [5.41, 5.74) is 3.10. The van der Waals surface area contributed by atoms with Gasteiger partial charge in [-0.3, -0.25) is 9.59 Å². The van der Waals surface area contributed by atoms with E-state index in [1.807, 2.05) is 18.2 Å². The second kappa shape index (κ2) is 5.44. The van der Waals surface area contributed by atoms with Crippen molar-refractivity contribution in [2.45, 2.75) is 19.4 Å². The van der Waals surface area contributed by atoms with Crippen LogP contribution in [0, 0.1) is 0 Å². The molecule has 1 aromatic heterocycles. The molecule has 2 heterocycles. The molecule has 5 nitrogen and oxygen atoms in total. The Morgan fingerprint density at radius 1 is 1.33 bits per heavy atom. The molecular weight excluding hydrogens is 268 g/mol. The lowest BCUT2D eigenvalue weighted by Gasteiger charge is -2.26. The molecule has 1 aromatic carbocycles. The van der Waals surface area contributed by atoms with Crippen LogP contribution in [0.25, 0.3) is 0 Å². The van der Waals surface area contributed by atoms with Gasteiger partial charge in [0.15, 0.2) is 5.76 Å². The average molecular weight is 284 g/mol. The van der Waals surface area contributed by atoms with E-state index in [0.29, 0.717) is 18.7 Å². The van der Waals surface area contributed by atoms with E-state index >= 15 is 0 Å². The van der Waals surface area contributed by atoms with Crippen LogP contribution in [0.15, 0.2) is 41.0 Å². The molecule has 2 aromatic rings. The summed E-state index contributed by atoms with van der Waals surface area (Å²) in [6, 6.07) is 9.21. The van der Waals surface area contributed by atoms with E-state index in [2.05, 4.69) is 5.32 Å². The molecule has 108 valence electrons. The van der Waals surface area contributed by atoms with E-state index < -0.39 is 0 Å². The van der Waals surface area contributed by atoms with E-state index in [9.17, 15) is 9.59 Å². The lowest BCUT2D eigenvalue weighted by atomic mass is 9.99. The number of furan rings is 1. The summed E-state index contributed by atoms with van der Waals surface area (Å²) in [6.07, 6.45) is 2.75. The molecule has 1 aliphatic heterocycles. The van der Waals surface area contributed by atoms with Crippen molar-refractivity contribution in [3.05, 3.63) is 53.5 Å². The van der Waals surface area contributed by atoms with Crippen LogP contribution in [0.4, 0.5) is 5.69 Å². The van der Waals surface area contributed by atoms with E-state index in [1.54, 1.807) is 24.1 Å². The average Bonchev–Trinajstić information content (AvgIpc) is 3.03. The molecule has 0 bridgehead atoms. The topological polar surface area (TPSA) is 62.6 Å². The Labute approximate surface area is 122 Å². The van der Waals surface area contributed by atoms with Crippen LogP contribution in [-0.4, -0.2) is 18.9 Å². The van der Waals surface area contributed by atoms with Crippen LogP contribution in [0.5, 0.6) is 0 Å². The monoisotopic (exact) mass is 284 g/mol. The molecule has 1 aliphatic rings. The Bertz CT molecular complexity index is 677. The predicted octanol–water partition coefficient (Wildman–Crippen LogP) is 2.12. The van der Waals surface area contributed by atoms with Crippen molar-refractivity contribution in [3.63, 3.8) is 0 Å². The standard InChI is InChI=1S/C16H16N2O3/c1-18-13-6-4-11(9-12(13)5-7-15(18)19)10-17-16(20)14-3-2-8-21-14/h2-4,6,8-9H,5,7,10H2,1H3,(H,17,20). The molecule has 0 saturated heterocycles. The summed E-state index contributed by atoms with van der Waals surface area (Å²) in [4.78, 5) is 25.1. The van der Waals surface area contributed by atoms with Crippen molar-refractivity contribution < 1.29 is 14.0 Å². The largest absolute Gasteiger partial charge is 0.459 e. The van der Waals surface area contributed by atoms with E-state index in [4.69, 9.17) is 4.42 Å². The molecular formula is C16H16N2O3. The molecule has 0 unspecified atom stereocenters. The van der Waals surface area contributed by atoms with E-state index in [-0.39, 0.29) is 11.8 Å². The van der Waals surface area contributed by atoms with Gasteiger partial charge in [-0.25, -0.2) is 0 Å². The van der Waals surface area contributed by atoms with Gasteiger partial charge in [0.05, 0.1) is 6.26 Å². The smallest absolute Gasteiger partial charge is 0.287 e. The molecule has 0 fully saturated rings. The van der Waals surface area contributed by atoms with Gasteiger partial charge in [-0.05, 0) is 35.7 Å². The number of hydrogen-bond acceptors (Lipinski definition) is 3. The van der Waals surface area contributed by atoms with Gasteiger partial charge in [0.1, 0.15) is 0 Å². The maximum absolute atomic E-state index is 11.8. The van der Waals surface area contributed by atoms with Crippen molar-refractivity contribution in [1.29, 1.82) is 0 Å². The summed E-state index contributed by atoms with van der Waals surface area (Å²) in [7, 11) is 1.79. The summed E-state index contributed by atoms with van der Waals surface area (Å²) < 4.78 is 5.04. The number of nitrogens with zero attached hydrogens (tertiary/aromatic N) is 1. The highest BCUT2D eigenvalue weighted by molar-refractivity contribution is 5.96. The predicted molar refractivity (Wildman–Crippen MR) is 78.1 cm³/mol. The van der Waals surface area contributed by atoms with Crippen LogP contribution >= 0.6 is 0 Å². The zero-order valence-electron chi connectivity index (χ0n) is 11.8. The SMILES string of the molecule is CN1C(=O)CCc2cc(CNC(=O)c3ccco3)ccc21. The van der Waals surface area contributed by atoms with Gasteiger partial charge in [0.2, 0.25) is 5.91 Å². The molecule has 0 radical (unpaired) electrons. The van der Waals surface area contributed by atoms with Crippen LogP contribution in [-0.2, 0) is 17.8 Å². The Kier molecular flexibility index (Phi) is 3.48. The quantitative estimate of drug-likeness (QED) is 0.939. The minimum atomic E-state index is -0.231. The summed E-state index contributed by atoms with van der Waals surface area (Å²) in [6.45, 7) is 0.435. The zero-order chi connectivity index (χ0) is 14.8. The number of anilines is 1. The van der Waals surface area contributed by atoms with Gasteiger partial charge in [0.25, 0.3) is 5.91 Å². The van der Waals surface area contributed by atoms with Gasteiger partial charge in [0, 0.05) is 25.7 Å². The molecule has 21 heavy (non-hydrogen) atoms. The number of hydrogen-bond donors (Lipinski definition) is 1. The number of carbonyl (C=O) groups is 2. The minimum absolute atomic E-state index is 0.140. The maximum atomic E-state index is 11.8. The van der Waals surface area contributed by atoms with Crippen LogP contribution in [0.2, 0.25) is 0 Å². The summed E-state index contributed by atoms with van der Waals surface area (Å²) in [5, 5.41) is 2.81. The molecule has 0 saturated carbocycles. The minimum Gasteiger partial charge on any atom is -0.459 e. The molecule has 2 amide bonds. The number of aryl methyl sites for hydroxylation is 1.